The van der Waals surface area contributed by atoms with Crippen LogP contribution in [-0.2, 0) is 21.3 Å². The number of rotatable bonds is 8. The molecule has 1 unspecified atom stereocenters. The molecule has 7 heteroatoms. The van der Waals surface area contributed by atoms with E-state index in [9.17, 15) is 8.42 Å². The molecule has 5 nitrogen and oxygen atoms in total. The van der Waals surface area contributed by atoms with Crippen molar-refractivity contribution in [2.75, 3.05) is 20.2 Å². The number of nitrogens with one attached hydrogen (secondary N) is 2. The van der Waals surface area contributed by atoms with Crippen LogP contribution in [0.4, 0.5) is 0 Å². The van der Waals surface area contributed by atoms with Gasteiger partial charge in [0, 0.05) is 29.5 Å². The van der Waals surface area contributed by atoms with Gasteiger partial charge >= 0.3 is 0 Å². The molecule has 0 radical (unpaired) electrons. The van der Waals surface area contributed by atoms with Crippen LogP contribution in [-0.4, -0.2) is 34.7 Å². The van der Waals surface area contributed by atoms with Crippen LogP contribution in [0.3, 0.4) is 0 Å². The Balaban J connectivity index is 2.76. The van der Waals surface area contributed by atoms with E-state index in [-0.39, 0.29) is 12.6 Å². The van der Waals surface area contributed by atoms with Gasteiger partial charge in [0.15, 0.2) is 0 Å². The predicted octanol–water partition coefficient (Wildman–Crippen LogP) is 1.48. The second-order valence-electron chi connectivity index (χ2n) is 4.28. The third kappa shape index (κ3) is 4.85. The van der Waals surface area contributed by atoms with Crippen molar-refractivity contribution < 1.29 is 13.2 Å². The van der Waals surface area contributed by atoms with Crippen LogP contribution in [0, 0.1) is 6.92 Å². The summed E-state index contributed by atoms with van der Waals surface area (Å²) in [6, 6.07) is 1.73. The highest BCUT2D eigenvalue weighted by molar-refractivity contribution is 7.89. The van der Waals surface area contributed by atoms with E-state index in [1.165, 1.54) is 11.3 Å². The predicted molar refractivity (Wildman–Crippen MR) is 78.1 cm³/mol. The van der Waals surface area contributed by atoms with Crippen LogP contribution in [0.2, 0.25) is 0 Å². The topological polar surface area (TPSA) is 67.4 Å². The highest BCUT2D eigenvalue weighted by Gasteiger charge is 2.20. The SMILES string of the molecule is CCOC(C)CNS(=O)(=O)c1cc(CNC)sc1C. The molecule has 0 bridgehead atoms. The Morgan fingerprint density at radius 3 is 2.74 bits per heavy atom. The Morgan fingerprint density at radius 1 is 1.47 bits per heavy atom. The molecular formula is C12H22N2O3S2. The van der Waals surface area contributed by atoms with Crippen LogP contribution in [0.1, 0.15) is 23.6 Å². The molecule has 110 valence electrons. The fourth-order valence-corrected chi connectivity index (χ4v) is 4.46. The van der Waals surface area contributed by atoms with Crippen molar-refractivity contribution in [1.82, 2.24) is 10.0 Å². The largest absolute Gasteiger partial charge is 0.377 e. The van der Waals surface area contributed by atoms with Gasteiger partial charge in [0.2, 0.25) is 10.0 Å². The highest BCUT2D eigenvalue weighted by Crippen LogP contribution is 2.25. The van der Waals surface area contributed by atoms with Crippen molar-refractivity contribution in [3.63, 3.8) is 0 Å². The fraction of sp³-hybridized carbons (Fsp3) is 0.667. The normalized spacial score (nSPS) is 13.7. The maximum atomic E-state index is 12.2. The summed E-state index contributed by atoms with van der Waals surface area (Å²) in [4.78, 5) is 2.19. The van der Waals surface area contributed by atoms with Crippen LogP contribution >= 0.6 is 11.3 Å². The van der Waals surface area contributed by atoms with Crippen LogP contribution in [0.15, 0.2) is 11.0 Å². The molecule has 0 amide bonds. The summed E-state index contributed by atoms with van der Waals surface area (Å²) in [6.07, 6.45) is -0.129. The lowest BCUT2D eigenvalue weighted by atomic mass is 10.4. The summed E-state index contributed by atoms with van der Waals surface area (Å²) in [7, 11) is -1.61. The van der Waals surface area contributed by atoms with Crippen LogP contribution < -0.4 is 10.0 Å². The van der Waals surface area contributed by atoms with Gasteiger partial charge in [0.1, 0.15) is 0 Å². The number of sulfonamides is 1. The van der Waals surface area contributed by atoms with Crippen LogP contribution in [0.25, 0.3) is 0 Å². The third-order valence-corrected chi connectivity index (χ3v) is 5.31. The van der Waals surface area contributed by atoms with Gasteiger partial charge < -0.3 is 10.1 Å². The summed E-state index contributed by atoms with van der Waals surface area (Å²) in [5, 5.41) is 3.02. The number of aryl methyl sites for hydroxylation is 1. The van der Waals surface area contributed by atoms with Gasteiger partial charge in [-0.3, -0.25) is 0 Å². The minimum Gasteiger partial charge on any atom is -0.377 e. The van der Waals surface area contributed by atoms with E-state index >= 15 is 0 Å². The lowest BCUT2D eigenvalue weighted by Crippen LogP contribution is -2.32. The summed E-state index contributed by atoms with van der Waals surface area (Å²) in [5.41, 5.74) is 0. The molecule has 2 N–H and O–H groups in total. The molecule has 1 atom stereocenters. The van der Waals surface area contributed by atoms with Crippen LogP contribution in [0.5, 0.6) is 0 Å². The molecule has 0 saturated heterocycles. The summed E-state index contributed by atoms with van der Waals surface area (Å²) >= 11 is 1.50. The van der Waals surface area contributed by atoms with Gasteiger partial charge in [0.05, 0.1) is 11.0 Å². The molecule has 1 aromatic heterocycles. The Labute approximate surface area is 119 Å². The number of thiophene rings is 1. The molecule has 0 fully saturated rings. The third-order valence-electron chi connectivity index (χ3n) is 2.58. The van der Waals surface area contributed by atoms with Crippen molar-refractivity contribution in [2.24, 2.45) is 0 Å². The molecule has 0 aliphatic carbocycles. The van der Waals surface area contributed by atoms with E-state index < -0.39 is 10.0 Å². The van der Waals surface area contributed by atoms with E-state index in [0.717, 1.165) is 9.75 Å². The molecule has 1 rings (SSSR count). The summed E-state index contributed by atoms with van der Waals surface area (Å²) < 4.78 is 32.3. The second kappa shape index (κ2) is 7.35. The first-order chi connectivity index (χ1) is 8.90. The van der Waals surface area contributed by atoms with Crippen molar-refractivity contribution >= 4 is 21.4 Å². The maximum Gasteiger partial charge on any atom is 0.241 e. The van der Waals surface area contributed by atoms with Crippen molar-refractivity contribution in [3.05, 3.63) is 15.8 Å². The zero-order chi connectivity index (χ0) is 14.5. The maximum absolute atomic E-state index is 12.2. The first kappa shape index (κ1) is 16.6. The van der Waals surface area contributed by atoms with Crippen molar-refractivity contribution in [3.8, 4) is 0 Å². The first-order valence-electron chi connectivity index (χ1n) is 6.25. The van der Waals surface area contributed by atoms with Gasteiger partial charge in [-0.1, -0.05) is 0 Å². The molecule has 0 aliphatic heterocycles. The van der Waals surface area contributed by atoms with Gasteiger partial charge in [-0.05, 0) is 33.9 Å². The Bertz CT molecular complexity index is 497. The number of ether oxygens (including phenoxy) is 1. The standard InChI is InChI=1S/C12H22N2O3S2/c1-5-17-9(2)7-14-19(15,16)12-6-11(8-13-4)18-10(12)3/h6,9,13-14H,5,7-8H2,1-4H3. The van der Waals surface area contributed by atoms with Gasteiger partial charge in [0.25, 0.3) is 0 Å². The average molecular weight is 306 g/mol. The van der Waals surface area contributed by atoms with Crippen molar-refractivity contribution in [2.45, 2.75) is 38.3 Å². The fourth-order valence-electron chi connectivity index (χ4n) is 1.70. The molecule has 1 heterocycles. The van der Waals surface area contributed by atoms with E-state index in [2.05, 4.69) is 10.0 Å². The molecule has 1 aromatic rings. The molecule has 0 aliphatic rings. The monoisotopic (exact) mass is 306 g/mol. The molecule has 19 heavy (non-hydrogen) atoms. The number of hydrogen-bond acceptors (Lipinski definition) is 5. The Kier molecular flexibility index (Phi) is 6.41. The minimum atomic E-state index is -3.45. The molecule has 0 saturated carbocycles. The smallest absolute Gasteiger partial charge is 0.241 e. The van der Waals surface area contributed by atoms with Gasteiger partial charge in [-0.2, -0.15) is 0 Å². The minimum absolute atomic E-state index is 0.129. The average Bonchev–Trinajstić information content (AvgIpc) is 2.70. The van der Waals surface area contributed by atoms with E-state index in [4.69, 9.17) is 4.74 Å². The molecule has 0 aromatic carbocycles. The van der Waals surface area contributed by atoms with E-state index in [1.807, 2.05) is 27.8 Å². The highest BCUT2D eigenvalue weighted by atomic mass is 32.2. The van der Waals surface area contributed by atoms with E-state index in [0.29, 0.717) is 18.0 Å². The zero-order valence-electron chi connectivity index (χ0n) is 11.8. The van der Waals surface area contributed by atoms with Gasteiger partial charge in [-0.25, -0.2) is 13.1 Å². The van der Waals surface area contributed by atoms with E-state index in [1.54, 1.807) is 6.07 Å². The summed E-state index contributed by atoms with van der Waals surface area (Å²) in [6.45, 7) is 7.09. The molecular weight excluding hydrogens is 284 g/mol. The van der Waals surface area contributed by atoms with Crippen molar-refractivity contribution in [1.29, 1.82) is 0 Å². The quantitative estimate of drug-likeness (QED) is 0.763. The lowest BCUT2D eigenvalue weighted by Gasteiger charge is -2.12. The Hall–Kier alpha value is -0.470. The first-order valence-corrected chi connectivity index (χ1v) is 8.55. The molecule has 0 spiro atoms. The second-order valence-corrected chi connectivity index (χ2v) is 7.36. The number of hydrogen-bond donors (Lipinski definition) is 2. The summed E-state index contributed by atoms with van der Waals surface area (Å²) in [5.74, 6) is 0. The zero-order valence-corrected chi connectivity index (χ0v) is 13.5. The Morgan fingerprint density at radius 2 is 2.16 bits per heavy atom. The lowest BCUT2D eigenvalue weighted by molar-refractivity contribution is 0.0799. The van der Waals surface area contributed by atoms with Gasteiger partial charge in [-0.15, -0.1) is 11.3 Å².